The van der Waals surface area contributed by atoms with Crippen LogP contribution in [0.1, 0.15) is 154 Å². The van der Waals surface area contributed by atoms with Gasteiger partial charge in [-0.15, -0.1) is 0 Å². The Bertz CT molecular complexity index is 454. The van der Waals surface area contributed by atoms with Gasteiger partial charge in [-0.2, -0.15) is 0 Å². The van der Waals surface area contributed by atoms with E-state index in [1.54, 1.807) is 0 Å². The predicted molar refractivity (Wildman–Crippen MR) is 145 cm³/mol. The van der Waals surface area contributed by atoms with Crippen molar-refractivity contribution in [2.75, 3.05) is 26.4 Å². The number of carbonyl (C=O) groups is 2. The van der Waals surface area contributed by atoms with Gasteiger partial charge in [0.05, 0.1) is 26.4 Å². The van der Waals surface area contributed by atoms with Crippen molar-refractivity contribution in [2.45, 2.75) is 154 Å². The molecule has 6 heteroatoms. The first kappa shape index (κ1) is 32.6. The lowest BCUT2D eigenvalue weighted by atomic mass is 10.0. The van der Waals surface area contributed by atoms with Gasteiger partial charge in [0.25, 0.3) is 0 Å². The summed E-state index contributed by atoms with van der Waals surface area (Å²) in [6.45, 7) is 1.91. The van der Waals surface area contributed by atoms with Crippen LogP contribution >= 0.6 is 0 Å². The standard InChI is InChI=1S/C30H56O6/c31-29-33-25-21-17-13-9-5-2-1-3-6-10-14-18-22-26-34-30(32)36-28-24-20-16-12-8-4-7-11-15-19-23-27-35-29/h1-28H2. The zero-order chi connectivity index (χ0) is 25.8. The molecule has 0 radical (unpaired) electrons. The van der Waals surface area contributed by atoms with Crippen LogP contribution in [0.15, 0.2) is 0 Å². The van der Waals surface area contributed by atoms with Crippen molar-refractivity contribution in [3.63, 3.8) is 0 Å². The number of rotatable bonds is 0. The summed E-state index contributed by atoms with van der Waals surface area (Å²) in [5.74, 6) is 0. The summed E-state index contributed by atoms with van der Waals surface area (Å²) in [5, 5.41) is 0. The molecule has 0 spiro atoms. The van der Waals surface area contributed by atoms with E-state index in [-0.39, 0.29) is 0 Å². The molecular formula is C30H56O6. The summed E-state index contributed by atoms with van der Waals surface area (Å²) < 4.78 is 20.7. The molecule has 1 aliphatic heterocycles. The van der Waals surface area contributed by atoms with Gasteiger partial charge in [0.1, 0.15) is 0 Å². The molecule has 0 saturated carbocycles. The van der Waals surface area contributed by atoms with Gasteiger partial charge in [0.15, 0.2) is 0 Å². The minimum Gasteiger partial charge on any atom is -0.434 e. The molecule has 0 aromatic carbocycles. The van der Waals surface area contributed by atoms with Crippen molar-refractivity contribution in [1.82, 2.24) is 0 Å². The van der Waals surface area contributed by atoms with Crippen molar-refractivity contribution >= 4 is 12.3 Å². The zero-order valence-corrected chi connectivity index (χ0v) is 23.2. The van der Waals surface area contributed by atoms with E-state index in [1.165, 1.54) is 103 Å². The van der Waals surface area contributed by atoms with E-state index in [4.69, 9.17) is 18.9 Å². The normalized spacial score (nSPS) is 22.6. The van der Waals surface area contributed by atoms with Crippen LogP contribution < -0.4 is 0 Å². The van der Waals surface area contributed by atoms with E-state index >= 15 is 0 Å². The summed E-state index contributed by atoms with van der Waals surface area (Å²) in [7, 11) is 0. The van der Waals surface area contributed by atoms with Crippen LogP contribution in [-0.2, 0) is 18.9 Å². The van der Waals surface area contributed by atoms with E-state index in [0.717, 1.165) is 51.4 Å². The number of cyclic esters (lactones) is 4. The van der Waals surface area contributed by atoms with Crippen molar-refractivity contribution in [2.24, 2.45) is 0 Å². The maximum Gasteiger partial charge on any atom is 0.508 e. The minimum atomic E-state index is -0.501. The number of ether oxygens (including phenoxy) is 4. The highest BCUT2D eigenvalue weighted by atomic mass is 16.7. The molecule has 0 aromatic rings. The van der Waals surface area contributed by atoms with Crippen molar-refractivity contribution < 1.29 is 28.5 Å². The van der Waals surface area contributed by atoms with Gasteiger partial charge >= 0.3 is 12.3 Å². The fourth-order valence-electron chi connectivity index (χ4n) is 4.65. The Morgan fingerprint density at radius 3 is 0.556 bits per heavy atom. The first-order valence-electron chi connectivity index (χ1n) is 15.4. The summed E-state index contributed by atoms with van der Waals surface area (Å²) in [6.07, 6.45) is 27.4. The summed E-state index contributed by atoms with van der Waals surface area (Å²) >= 11 is 0. The highest BCUT2D eigenvalue weighted by molar-refractivity contribution is 5.60. The Kier molecular flexibility index (Phi) is 24.1. The average molecular weight is 513 g/mol. The molecule has 0 unspecified atom stereocenters. The second-order valence-corrected chi connectivity index (χ2v) is 10.4. The third kappa shape index (κ3) is 24.2. The van der Waals surface area contributed by atoms with Gasteiger partial charge in [-0.25, -0.2) is 9.59 Å². The highest BCUT2D eigenvalue weighted by Crippen LogP contribution is 2.14. The van der Waals surface area contributed by atoms with Crippen LogP contribution in [0.4, 0.5) is 9.59 Å². The lowest BCUT2D eigenvalue weighted by Gasteiger charge is -2.07. The van der Waals surface area contributed by atoms with Crippen LogP contribution in [0.2, 0.25) is 0 Å². The first-order chi connectivity index (χ1) is 17.8. The minimum absolute atomic E-state index is 0.472. The van der Waals surface area contributed by atoms with E-state index in [9.17, 15) is 9.59 Å². The molecule has 212 valence electrons. The topological polar surface area (TPSA) is 71.1 Å². The van der Waals surface area contributed by atoms with Gasteiger partial charge in [-0.3, -0.25) is 0 Å². The highest BCUT2D eigenvalue weighted by Gasteiger charge is 2.04. The second kappa shape index (κ2) is 26.6. The van der Waals surface area contributed by atoms with Crippen molar-refractivity contribution in [3.8, 4) is 0 Å². The maximum absolute atomic E-state index is 11.6. The van der Waals surface area contributed by atoms with E-state index < -0.39 is 12.3 Å². The molecule has 1 aliphatic rings. The summed E-state index contributed by atoms with van der Waals surface area (Å²) in [4.78, 5) is 23.3. The zero-order valence-electron chi connectivity index (χ0n) is 23.2. The summed E-state index contributed by atoms with van der Waals surface area (Å²) in [6, 6.07) is 0. The van der Waals surface area contributed by atoms with Gasteiger partial charge in [-0.05, 0) is 25.7 Å². The molecule has 1 heterocycles. The molecule has 1 saturated heterocycles. The molecular weight excluding hydrogens is 456 g/mol. The molecule has 1 fully saturated rings. The number of hydrogen-bond donors (Lipinski definition) is 0. The maximum atomic E-state index is 11.6. The Balaban J connectivity index is 2.11. The van der Waals surface area contributed by atoms with Crippen molar-refractivity contribution in [1.29, 1.82) is 0 Å². The lowest BCUT2D eigenvalue weighted by Crippen LogP contribution is -2.09. The Labute approximate surface area is 221 Å². The molecule has 0 aromatic heterocycles. The Morgan fingerprint density at radius 1 is 0.250 bits per heavy atom. The van der Waals surface area contributed by atoms with E-state index in [2.05, 4.69) is 0 Å². The molecule has 6 nitrogen and oxygen atoms in total. The molecule has 0 N–H and O–H groups in total. The number of hydrogen-bond acceptors (Lipinski definition) is 6. The van der Waals surface area contributed by atoms with Gasteiger partial charge < -0.3 is 18.9 Å². The average Bonchev–Trinajstić information content (AvgIpc) is 2.87. The van der Waals surface area contributed by atoms with Gasteiger partial charge in [0.2, 0.25) is 0 Å². The van der Waals surface area contributed by atoms with Crippen LogP contribution in [0, 0.1) is 0 Å². The fourth-order valence-corrected chi connectivity index (χ4v) is 4.65. The SMILES string of the molecule is O=C1OCCCCCCCCCCCCCCCOC(=O)OCCCCCCCCCCCCCO1. The monoisotopic (exact) mass is 512 g/mol. The predicted octanol–water partition coefficient (Wildman–Crippen LogP) is 9.67. The quantitative estimate of drug-likeness (QED) is 0.301. The lowest BCUT2D eigenvalue weighted by molar-refractivity contribution is 0.0520. The van der Waals surface area contributed by atoms with Crippen LogP contribution in [0.3, 0.4) is 0 Å². The van der Waals surface area contributed by atoms with Crippen LogP contribution in [0.25, 0.3) is 0 Å². The van der Waals surface area contributed by atoms with Crippen LogP contribution in [-0.4, -0.2) is 38.7 Å². The molecule has 1 rings (SSSR count). The fraction of sp³-hybridized carbons (Fsp3) is 0.933. The van der Waals surface area contributed by atoms with Gasteiger partial charge in [-0.1, -0.05) is 128 Å². The van der Waals surface area contributed by atoms with E-state index in [1.807, 2.05) is 0 Å². The second-order valence-electron chi connectivity index (χ2n) is 10.4. The first-order valence-corrected chi connectivity index (χ1v) is 15.4. The third-order valence-corrected chi connectivity index (χ3v) is 6.96. The molecule has 0 atom stereocenters. The van der Waals surface area contributed by atoms with E-state index in [0.29, 0.717) is 26.4 Å². The Hall–Kier alpha value is -1.46. The molecule has 0 bridgehead atoms. The van der Waals surface area contributed by atoms with Gasteiger partial charge in [0, 0.05) is 0 Å². The molecule has 0 aliphatic carbocycles. The summed E-state index contributed by atoms with van der Waals surface area (Å²) in [5.41, 5.74) is 0. The smallest absolute Gasteiger partial charge is 0.434 e. The van der Waals surface area contributed by atoms with Crippen LogP contribution in [0.5, 0.6) is 0 Å². The molecule has 36 heavy (non-hydrogen) atoms. The van der Waals surface area contributed by atoms with Crippen molar-refractivity contribution in [3.05, 3.63) is 0 Å². The third-order valence-electron chi connectivity index (χ3n) is 6.96. The largest absolute Gasteiger partial charge is 0.508 e. The number of carbonyl (C=O) groups excluding carboxylic acids is 2. The molecule has 0 amide bonds. The Morgan fingerprint density at radius 2 is 0.389 bits per heavy atom.